The first-order chi connectivity index (χ1) is 7.69. The topological polar surface area (TPSA) is 29.9 Å². The Kier molecular flexibility index (Phi) is 3.29. The van der Waals surface area contributed by atoms with E-state index in [9.17, 15) is 0 Å². The first-order valence-electron chi connectivity index (χ1n) is 5.25. The molecule has 84 valence electrons. The van der Waals surface area contributed by atoms with Crippen LogP contribution in [0.2, 0.25) is 0 Å². The Morgan fingerprint density at radius 2 is 2.25 bits per heavy atom. The monoisotopic (exact) mass is 279 g/mol. The average molecular weight is 280 g/mol. The van der Waals surface area contributed by atoms with Gasteiger partial charge in [0.2, 0.25) is 5.95 Å². The van der Waals surface area contributed by atoms with Gasteiger partial charge in [-0.2, -0.15) is 0 Å². The van der Waals surface area contributed by atoms with Gasteiger partial charge in [0.1, 0.15) is 0 Å². The SMILES string of the molecule is CCn1cc(C)nc1Nc1cccc(Br)c1. The molecule has 0 spiro atoms. The van der Waals surface area contributed by atoms with Crippen molar-refractivity contribution in [2.75, 3.05) is 5.32 Å². The highest BCUT2D eigenvalue weighted by Crippen LogP contribution is 2.20. The molecule has 0 amide bonds. The predicted octanol–water partition coefficient (Wildman–Crippen LogP) is 3.72. The van der Waals surface area contributed by atoms with Crippen LogP contribution in [0.4, 0.5) is 11.6 Å². The van der Waals surface area contributed by atoms with E-state index in [0.29, 0.717) is 0 Å². The molecule has 2 aromatic rings. The summed E-state index contributed by atoms with van der Waals surface area (Å²) in [5.74, 6) is 0.887. The predicted molar refractivity (Wildman–Crippen MR) is 70.1 cm³/mol. The van der Waals surface area contributed by atoms with Gasteiger partial charge in [-0.15, -0.1) is 0 Å². The van der Waals surface area contributed by atoms with Gasteiger partial charge < -0.3 is 9.88 Å². The lowest BCUT2D eigenvalue weighted by atomic mass is 10.3. The lowest BCUT2D eigenvalue weighted by Gasteiger charge is -2.07. The van der Waals surface area contributed by atoms with Crippen LogP contribution in [0.1, 0.15) is 12.6 Å². The van der Waals surface area contributed by atoms with E-state index in [0.717, 1.165) is 28.3 Å². The Balaban J connectivity index is 2.26. The van der Waals surface area contributed by atoms with E-state index < -0.39 is 0 Å². The molecule has 0 saturated heterocycles. The zero-order valence-corrected chi connectivity index (χ0v) is 11.0. The molecule has 1 aromatic heterocycles. The van der Waals surface area contributed by atoms with Crippen LogP contribution >= 0.6 is 15.9 Å². The molecule has 1 N–H and O–H groups in total. The van der Waals surface area contributed by atoms with Crippen molar-refractivity contribution in [3.63, 3.8) is 0 Å². The van der Waals surface area contributed by atoms with E-state index in [1.54, 1.807) is 0 Å². The van der Waals surface area contributed by atoms with Gasteiger partial charge >= 0.3 is 0 Å². The quantitative estimate of drug-likeness (QED) is 0.928. The largest absolute Gasteiger partial charge is 0.326 e. The van der Waals surface area contributed by atoms with Crippen LogP contribution in [0.3, 0.4) is 0 Å². The minimum absolute atomic E-state index is 0.887. The molecule has 0 bridgehead atoms. The number of nitrogens with zero attached hydrogens (tertiary/aromatic N) is 2. The zero-order chi connectivity index (χ0) is 11.5. The lowest BCUT2D eigenvalue weighted by molar-refractivity contribution is 0.771. The lowest BCUT2D eigenvalue weighted by Crippen LogP contribution is -2.01. The van der Waals surface area contributed by atoms with Crippen molar-refractivity contribution >= 4 is 27.6 Å². The van der Waals surface area contributed by atoms with E-state index in [-0.39, 0.29) is 0 Å². The third-order valence-electron chi connectivity index (χ3n) is 2.32. The summed E-state index contributed by atoms with van der Waals surface area (Å²) in [4.78, 5) is 4.44. The first-order valence-corrected chi connectivity index (χ1v) is 6.04. The van der Waals surface area contributed by atoms with Crippen LogP contribution in [-0.4, -0.2) is 9.55 Å². The van der Waals surface area contributed by atoms with Crippen LogP contribution in [0.15, 0.2) is 34.9 Å². The number of imidazole rings is 1. The van der Waals surface area contributed by atoms with Crippen LogP contribution in [-0.2, 0) is 6.54 Å². The fraction of sp³-hybridized carbons (Fsp3) is 0.250. The smallest absolute Gasteiger partial charge is 0.207 e. The minimum Gasteiger partial charge on any atom is -0.326 e. The molecule has 0 aliphatic heterocycles. The summed E-state index contributed by atoms with van der Waals surface area (Å²) in [5, 5.41) is 3.31. The van der Waals surface area contributed by atoms with Crippen molar-refractivity contribution in [1.29, 1.82) is 0 Å². The van der Waals surface area contributed by atoms with Gasteiger partial charge in [0.25, 0.3) is 0 Å². The summed E-state index contributed by atoms with van der Waals surface area (Å²) in [5.41, 5.74) is 2.06. The highest BCUT2D eigenvalue weighted by Gasteiger charge is 2.04. The molecule has 2 rings (SSSR count). The summed E-state index contributed by atoms with van der Waals surface area (Å²) >= 11 is 3.45. The number of rotatable bonds is 3. The zero-order valence-electron chi connectivity index (χ0n) is 9.37. The molecule has 1 heterocycles. The maximum Gasteiger partial charge on any atom is 0.207 e. The van der Waals surface area contributed by atoms with Gasteiger partial charge in [0.05, 0.1) is 5.69 Å². The molecule has 0 atom stereocenters. The molecule has 0 radical (unpaired) electrons. The number of aromatic nitrogens is 2. The molecule has 16 heavy (non-hydrogen) atoms. The molecular formula is C12H14BrN3. The van der Waals surface area contributed by atoms with E-state index in [4.69, 9.17) is 0 Å². The van der Waals surface area contributed by atoms with Crippen molar-refractivity contribution < 1.29 is 0 Å². The van der Waals surface area contributed by atoms with Gasteiger partial charge in [-0.05, 0) is 32.0 Å². The first kappa shape index (κ1) is 11.2. The molecule has 0 fully saturated rings. The number of hydrogen-bond donors (Lipinski definition) is 1. The van der Waals surface area contributed by atoms with Crippen molar-refractivity contribution in [3.05, 3.63) is 40.6 Å². The second-order valence-corrected chi connectivity index (χ2v) is 4.54. The third kappa shape index (κ3) is 2.44. The van der Waals surface area contributed by atoms with Crippen LogP contribution in [0.25, 0.3) is 0 Å². The Hall–Kier alpha value is -1.29. The van der Waals surface area contributed by atoms with Crippen molar-refractivity contribution in [3.8, 4) is 0 Å². The van der Waals surface area contributed by atoms with Crippen molar-refractivity contribution in [1.82, 2.24) is 9.55 Å². The Bertz CT molecular complexity index is 491. The Labute approximate surface area is 104 Å². The van der Waals surface area contributed by atoms with E-state index >= 15 is 0 Å². The summed E-state index contributed by atoms with van der Waals surface area (Å²) < 4.78 is 3.15. The maximum atomic E-state index is 4.44. The summed E-state index contributed by atoms with van der Waals surface area (Å²) in [7, 11) is 0. The standard InChI is InChI=1S/C12H14BrN3/c1-3-16-8-9(2)14-12(16)15-11-6-4-5-10(13)7-11/h4-8H,3H2,1-2H3,(H,14,15). The van der Waals surface area contributed by atoms with E-state index in [1.165, 1.54) is 0 Å². The fourth-order valence-electron chi connectivity index (χ4n) is 1.58. The molecule has 0 aliphatic rings. The molecular weight excluding hydrogens is 266 g/mol. The van der Waals surface area contributed by atoms with Gasteiger partial charge in [-0.3, -0.25) is 0 Å². The minimum atomic E-state index is 0.887. The van der Waals surface area contributed by atoms with Crippen molar-refractivity contribution in [2.24, 2.45) is 0 Å². The van der Waals surface area contributed by atoms with Gasteiger partial charge in [0, 0.05) is 22.9 Å². The Morgan fingerprint density at radius 3 is 2.94 bits per heavy atom. The van der Waals surface area contributed by atoms with Gasteiger partial charge in [-0.1, -0.05) is 22.0 Å². The molecule has 3 nitrogen and oxygen atoms in total. The Morgan fingerprint density at radius 1 is 1.44 bits per heavy atom. The highest BCUT2D eigenvalue weighted by atomic mass is 79.9. The fourth-order valence-corrected chi connectivity index (χ4v) is 1.98. The van der Waals surface area contributed by atoms with Crippen molar-refractivity contribution in [2.45, 2.75) is 20.4 Å². The normalized spacial score (nSPS) is 10.4. The van der Waals surface area contributed by atoms with Crippen LogP contribution in [0.5, 0.6) is 0 Å². The second kappa shape index (κ2) is 4.70. The summed E-state index contributed by atoms with van der Waals surface area (Å²) in [6.45, 7) is 5.02. The molecule has 4 heteroatoms. The van der Waals surface area contributed by atoms with Gasteiger partial charge in [-0.25, -0.2) is 4.98 Å². The second-order valence-electron chi connectivity index (χ2n) is 3.63. The number of halogens is 1. The number of nitrogens with one attached hydrogen (secondary N) is 1. The number of aryl methyl sites for hydroxylation is 2. The maximum absolute atomic E-state index is 4.44. The van der Waals surface area contributed by atoms with Crippen LogP contribution in [0, 0.1) is 6.92 Å². The van der Waals surface area contributed by atoms with E-state index in [1.807, 2.05) is 37.4 Å². The van der Waals surface area contributed by atoms with Gasteiger partial charge in [0.15, 0.2) is 0 Å². The molecule has 0 unspecified atom stereocenters. The number of benzene rings is 1. The number of anilines is 2. The highest BCUT2D eigenvalue weighted by molar-refractivity contribution is 9.10. The summed E-state index contributed by atoms with van der Waals surface area (Å²) in [6, 6.07) is 8.06. The molecule has 0 aliphatic carbocycles. The third-order valence-corrected chi connectivity index (χ3v) is 2.81. The summed E-state index contributed by atoms with van der Waals surface area (Å²) in [6.07, 6.45) is 2.04. The number of hydrogen-bond acceptors (Lipinski definition) is 2. The van der Waals surface area contributed by atoms with E-state index in [2.05, 4.69) is 37.7 Å². The average Bonchev–Trinajstić information content (AvgIpc) is 2.59. The molecule has 1 aromatic carbocycles. The molecule has 0 saturated carbocycles. The van der Waals surface area contributed by atoms with Crippen LogP contribution < -0.4 is 5.32 Å².